The molecule has 2 aromatic rings. The first kappa shape index (κ1) is 14.5. The molecule has 2 rings (SSSR count). The molecule has 2 N–H and O–H groups in total. The SMILES string of the molecule is COc1ccc(-n2c(C)cc(CCN)c2C)c(OC)c1. The summed E-state index contributed by atoms with van der Waals surface area (Å²) >= 11 is 0. The molecule has 0 unspecified atom stereocenters. The number of benzene rings is 1. The normalized spacial score (nSPS) is 10.7. The van der Waals surface area contributed by atoms with Crippen LogP contribution in [-0.2, 0) is 6.42 Å². The molecule has 0 radical (unpaired) electrons. The van der Waals surface area contributed by atoms with Crippen LogP contribution in [-0.4, -0.2) is 25.3 Å². The van der Waals surface area contributed by atoms with Crippen LogP contribution in [0.15, 0.2) is 24.3 Å². The molecule has 0 aliphatic heterocycles. The first-order chi connectivity index (χ1) is 9.62. The molecule has 0 bridgehead atoms. The zero-order valence-electron chi connectivity index (χ0n) is 12.6. The molecular formula is C16H22N2O2. The first-order valence-electron chi connectivity index (χ1n) is 6.72. The molecule has 0 saturated heterocycles. The van der Waals surface area contributed by atoms with Crippen LogP contribution in [0, 0.1) is 13.8 Å². The lowest BCUT2D eigenvalue weighted by atomic mass is 10.2. The van der Waals surface area contributed by atoms with E-state index in [0.717, 1.165) is 23.6 Å². The van der Waals surface area contributed by atoms with Crippen molar-refractivity contribution in [2.45, 2.75) is 20.3 Å². The minimum absolute atomic E-state index is 0.657. The van der Waals surface area contributed by atoms with Gasteiger partial charge in [-0.2, -0.15) is 0 Å². The van der Waals surface area contributed by atoms with Crippen LogP contribution < -0.4 is 15.2 Å². The summed E-state index contributed by atoms with van der Waals surface area (Å²) < 4.78 is 12.9. The van der Waals surface area contributed by atoms with Gasteiger partial charge in [0.2, 0.25) is 0 Å². The van der Waals surface area contributed by atoms with Gasteiger partial charge in [0.05, 0.1) is 19.9 Å². The molecule has 4 nitrogen and oxygen atoms in total. The van der Waals surface area contributed by atoms with Crippen LogP contribution >= 0.6 is 0 Å². The molecule has 0 amide bonds. The summed E-state index contributed by atoms with van der Waals surface area (Å²) in [4.78, 5) is 0. The van der Waals surface area contributed by atoms with Crippen molar-refractivity contribution in [3.8, 4) is 17.2 Å². The van der Waals surface area contributed by atoms with Crippen molar-refractivity contribution in [2.24, 2.45) is 5.73 Å². The van der Waals surface area contributed by atoms with Crippen molar-refractivity contribution in [1.82, 2.24) is 4.57 Å². The molecule has 1 heterocycles. The van der Waals surface area contributed by atoms with Crippen molar-refractivity contribution in [2.75, 3.05) is 20.8 Å². The van der Waals surface area contributed by atoms with E-state index in [0.29, 0.717) is 6.54 Å². The van der Waals surface area contributed by atoms with Gasteiger partial charge in [-0.3, -0.25) is 0 Å². The molecule has 20 heavy (non-hydrogen) atoms. The van der Waals surface area contributed by atoms with Crippen LogP contribution in [0.1, 0.15) is 17.0 Å². The molecule has 0 atom stereocenters. The van der Waals surface area contributed by atoms with Crippen molar-refractivity contribution in [3.05, 3.63) is 41.2 Å². The zero-order chi connectivity index (χ0) is 14.7. The van der Waals surface area contributed by atoms with Crippen LogP contribution in [0.3, 0.4) is 0 Å². The lowest BCUT2D eigenvalue weighted by Gasteiger charge is -2.15. The Balaban J connectivity index is 2.56. The van der Waals surface area contributed by atoms with Gasteiger partial charge in [-0.15, -0.1) is 0 Å². The minimum atomic E-state index is 0.657. The summed E-state index contributed by atoms with van der Waals surface area (Å²) in [6.45, 7) is 4.86. The molecule has 0 fully saturated rings. The monoisotopic (exact) mass is 274 g/mol. The van der Waals surface area contributed by atoms with Crippen molar-refractivity contribution in [3.63, 3.8) is 0 Å². The van der Waals surface area contributed by atoms with Crippen molar-refractivity contribution < 1.29 is 9.47 Å². The third-order valence-electron chi connectivity index (χ3n) is 3.58. The molecule has 4 heteroatoms. The van der Waals surface area contributed by atoms with Gasteiger partial charge in [-0.05, 0) is 50.6 Å². The van der Waals surface area contributed by atoms with E-state index in [-0.39, 0.29) is 0 Å². The molecule has 0 spiro atoms. The van der Waals surface area contributed by atoms with Gasteiger partial charge in [-0.25, -0.2) is 0 Å². The average Bonchev–Trinajstić information content (AvgIpc) is 2.73. The van der Waals surface area contributed by atoms with Gasteiger partial charge in [-0.1, -0.05) is 0 Å². The minimum Gasteiger partial charge on any atom is -0.497 e. The Morgan fingerprint density at radius 3 is 2.45 bits per heavy atom. The van der Waals surface area contributed by atoms with Gasteiger partial charge in [0.25, 0.3) is 0 Å². The lowest BCUT2D eigenvalue weighted by Crippen LogP contribution is -2.05. The summed E-state index contributed by atoms with van der Waals surface area (Å²) in [6.07, 6.45) is 0.887. The van der Waals surface area contributed by atoms with Gasteiger partial charge < -0.3 is 19.8 Å². The number of aryl methyl sites for hydroxylation is 1. The molecular weight excluding hydrogens is 252 g/mol. The number of methoxy groups -OCH3 is 2. The van der Waals surface area contributed by atoms with E-state index in [1.54, 1.807) is 14.2 Å². The number of rotatable bonds is 5. The van der Waals surface area contributed by atoms with Gasteiger partial charge in [0, 0.05) is 17.5 Å². The van der Waals surface area contributed by atoms with E-state index in [1.807, 2.05) is 18.2 Å². The second-order valence-electron chi connectivity index (χ2n) is 4.81. The molecule has 0 saturated carbocycles. The van der Waals surface area contributed by atoms with E-state index in [1.165, 1.54) is 17.0 Å². The van der Waals surface area contributed by atoms with E-state index < -0.39 is 0 Å². The van der Waals surface area contributed by atoms with Gasteiger partial charge in [0.15, 0.2) is 0 Å². The third-order valence-corrected chi connectivity index (χ3v) is 3.58. The fraction of sp³-hybridized carbons (Fsp3) is 0.375. The highest BCUT2D eigenvalue weighted by atomic mass is 16.5. The molecule has 0 aliphatic carbocycles. The third kappa shape index (κ3) is 2.51. The summed E-state index contributed by atoms with van der Waals surface area (Å²) in [5.74, 6) is 1.58. The van der Waals surface area contributed by atoms with Crippen molar-refractivity contribution in [1.29, 1.82) is 0 Å². The highest BCUT2D eigenvalue weighted by Gasteiger charge is 2.14. The topological polar surface area (TPSA) is 49.4 Å². The van der Waals surface area contributed by atoms with Crippen molar-refractivity contribution >= 4 is 0 Å². The number of nitrogens with two attached hydrogens (primary N) is 1. The quantitative estimate of drug-likeness (QED) is 0.911. The first-order valence-corrected chi connectivity index (χ1v) is 6.72. The standard InChI is InChI=1S/C16H22N2O2/c1-11-9-13(7-8-17)12(2)18(11)15-6-5-14(19-3)10-16(15)20-4/h5-6,9-10H,7-8,17H2,1-4H3. The van der Waals surface area contributed by atoms with Gasteiger partial charge in [0.1, 0.15) is 11.5 Å². The van der Waals surface area contributed by atoms with Crippen LogP contribution in [0.5, 0.6) is 11.5 Å². The van der Waals surface area contributed by atoms with Crippen LogP contribution in [0.25, 0.3) is 5.69 Å². The molecule has 1 aromatic heterocycles. The molecule has 108 valence electrons. The molecule has 0 aliphatic rings. The van der Waals surface area contributed by atoms with Crippen LogP contribution in [0.2, 0.25) is 0 Å². The summed E-state index contributed by atoms with van der Waals surface area (Å²) in [5, 5.41) is 0. The van der Waals surface area contributed by atoms with Gasteiger partial charge >= 0.3 is 0 Å². The van der Waals surface area contributed by atoms with E-state index in [2.05, 4.69) is 24.5 Å². The predicted octanol–water partition coefficient (Wildman–Crippen LogP) is 2.61. The van der Waals surface area contributed by atoms with E-state index in [9.17, 15) is 0 Å². The highest BCUT2D eigenvalue weighted by molar-refractivity contribution is 5.54. The Labute approximate surface area is 120 Å². The predicted molar refractivity (Wildman–Crippen MR) is 81.1 cm³/mol. The second-order valence-corrected chi connectivity index (χ2v) is 4.81. The number of hydrogen-bond donors (Lipinski definition) is 1. The maximum atomic E-state index is 5.67. The Morgan fingerprint density at radius 1 is 1.10 bits per heavy atom. The highest BCUT2D eigenvalue weighted by Crippen LogP contribution is 2.31. The Morgan fingerprint density at radius 2 is 1.85 bits per heavy atom. The largest absolute Gasteiger partial charge is 0.497 e. The number of aromatic nitrogens is 1. The Kier molecular flexibility index (Phi) is 4.35. The summed E-state index contributed by atoms with van der Waals surface area (Å²) in [5.41, 5.74) is 10.4. The maximum absolute atomic E-state index is 5.67. The Bertz CT molecular complexity index is 603. The number of ether oxygens (including phenoxy) is 2. The fourth-order valence-electron chi connectivity index (χ4n) is 2.58. The zero-order valence-corrected chi connectivity index (χ0v) is 12.6. The second kappa shape index (κ2) is 6.01. The smallest absolute Gasteiger partial charge is 0.146 e. The average molecular weight is 274 g/mol. The van der Waals surface area contributed by atoms with E-state index >= 15 is 0 Å². The molecule has 1 aromatic carbocycles. The van der Waals surface area contributed by atoms with E-state index in [4.69, 9.17) is 15.2 Å². The number of nitrogens with zero attached hydrogens (tertiary/aromatic N) is 1. The maximum Gasteiger partial charge on any atom is 0.146 e. The Hall–Kier alpha value is -1.94. The summed E-state index contributed by atoms with van der Waals surface area (Å²) in [6, 6.07) is 8.05. The van der Waals surface area contributed by atoms with Crippen LogP contribution in [0.4, 0.5) is 0 Å². The fourth-order valence-corrected chi connectivity index (χ4v) is 2.58. The lowest BCUT2D eigenvalue weighted by molar-refractivity contribution is 0.393. The summed E-state index contributed by atoms with van der Waals surface area (Å²) in [7, 11) is 3.33. The number of hydrogen-bond acceptors (Lipinski definition) is 3.